The molecule has 0 saturated heterocycles. The Bertz CT molecular complexity index is 515. The van der Waals surface area contributed by atoms with E-state index < -0.39 is 11.9 Å². The van der Waals surface area contributed by atoms with Gasteiger partial charge in [0.25, 0.3) is 0 Å². The summed E-state index contributed by atoms with van der Waals surface area (Å²) in [5, 5.41) is 4.20. The molecule has 1 heterocycles. The molecule has 0 bridgehead atoms. The average molecular weight is 258 g/mol. The lowest BCUT2D eigenvalue weighted by atomic mass is 10.0. The van der Waals surface area contributed by atoms with E-state index in [0.717, 1.165) is 10.6 Å². The van der Waals surface area contributed by atoms with Crippen LogP contribution in [-0.4, -0.2) is 9.59 Å². The number of benzene rings is 1. The molecular formula is C10H9ClFN3S. The topological polar surface area (TPSA) is 51.8 Å². The van der Waals surface area contributed by atoms with Gasteiger partial charge in [0, 0.05) is 10.6 Å². The fraction of sp³-hybridized carbons (Fsp3) is 0.200. The Labute approximate surface area is 101 Å². The van der Waals surface area contributed by atoms with Crippen molar-refractivity contribution >= 4 is 23.1 Å². The standard InChI is InChI=1S/C10H9ClFN3S/c1-5-10(16-15-14-5)9(13)7-3-2-6(11)4-8(7)12/h2-4,9H,13H2,1H3. The molecular weight excluding hydrogens is 249 g/mol. The highest BCUT2D eigenvalue weighted by Crippen LogP contribution is 2.27. The molecule has 6 heteroatoms. The quantitative estimate of drug-likeness (QED) is 0.900. The van der Waals surface area contributed by atoms with Crippen LogP contribution in [-0.2, 0) is 0 Å². The molecule has 1 aromatic carbocycles. The zero-order chi connectivity index (χ0) is 11.7. The normalized spacial score (nSPS) is 12.8. The minimum atomic E-state index is -0.544. The average Bonchev–Trinajstić information content (AvgIpc) is 2.63. The van der Waals surface area contributed by atoms with E-state index in [1.807, 2.05) is 0 Å². The summed E-state index contributed by atoms with van der Waals surface area (Å²) in [5.74, 6) is -0.409. The molecule has 1 unspecified atom stereocenters. The minimum absolute atomic E-state index is 0.354. The van der Waals surface area contributed by atoms with Gasteiger partial charge in [-0.1, -0.05) is 22.2 Å². The molecule has 0 radical (unpaired) electrons. The van der Waals surface area contributed by atoms with E-state index in [0.29, 0.717) is 10.6 Å². The van der Waals surface area contributed by atoms with Crippen molar-refractivity contribution in [2.24, 2.45) is 5.73 Å². The van der Waals surface area contributed by atoms with Crippen LogP contribution in [0.1, 0.15) is 22.2 Å². The first kappa shape index (κ1) is 11.4. The van der Waals surface area contributed by atoms with Crippen LogP contribution in [0.25, 0.3) is 0 Å². The summed E-state index contributed by atoms with van der Waals surface area (Å²) in [6.45, 7) is 1.80. The van der Waals surface area contributed by atoms with Gasteiger partial charge in [0.1, 0.15) is 5.82 Å². The Hall–Kier alpha value is -1.04. The zero-order valence-electron chi connectivity index (χ0n) is 8.45. The molecule has 3 nitrogen and oxygen atoms in total. The summed E-state index contributed by atoms with van der Waals surface area (Å²) >= 11 is 6.85. The van der Waals surface area contributed by atoms with Crippen molar-refractivity contribution in [3.05, 3.63) is 45.2 Å². The number of aromatic nitrogens is 2. The van der Waals surface area contributed by atoms with E-state index in [9.17, 15) is 4.39 Å². The highest BCUT2D eigenvalue weighted by atomic mass is 35.5. The van der Waals surface area contributed by atoms with Crippen molar-refractivity contribution in [2.75, 3.05) is 0 Å². The smallest absolute Gasteiger partial charge is 0.129 e. The van der Waals surface area contributed by atoms with E-state index in [2.05, 4.69) is 9.59 Å². The molecule has 1 aromatic heterocycles. The molecule has 0 fully saturated rings. The van der Waals surface area contributed by atoms with Gasteiger partial charge in [-0.2, -0.15) is 0 Å². The Balaban J connectivity index is 2.41. The molecule has 0 aliphatic rings. The lowest BCUT2D eigenvalue weighted by Gasteiger charge is -2.11. The van der Waals surface area contributed by atoms with Crippen molar-refractivity contribution in [1.29, 1.82) is 0 Å². The molecule has 84 valence electrons. The number of hydrogen-bond donors (Lipinski definition) is 1. The first-order chi connectivity index (χ1) is 7.59. The number of halogens is 2. The van der Waals surface area contributed by atoms with E-state index in [4.69, 9.17) is 17.3 Å². The summed E-state index contributed by atoms with van der Waals surface area (Å²) in [4.78, 5) is 0.765. The number of nitrogens with zero attached hydrogens (tertiary/aromatic N) is 2. The number of nitrogens with two attached hydrogens (primary N) is 1. The van der Waals surface area contributed by atoms with Crippen molar-refractivity contribution < 1.29 is 4.39 Å². The van der Waals surface area contributed by atoms with Crippen LogP contribution in [0, 0.1) is 12.7 Å². The van der Waals surface area contributed by atoms with E-state index in [1.54, 1.807) is 19.1 Å². The predicted molar refractivity (Wildman–Crippen MR) is 62.1 cm³/mol. The van der Waals surface area contributed by atoms with Crippen LogP contribution in [0.2, 0.25) is 5.02 Å². The third-order valence-electron chi connectivity index (χ3n) is 2.27. The maximum absolute atomic E-state index is 13.6. The Morgan fingerprint density at radius 3 is 2.81 bits per heavy atom. The van der Waals surface area contributed by atoms with Gasteiger partial charge in [0.2, 0.25) is 0 Å². The van der Waals surface area contributed by atoms with Crippen molar-refractivity contribution in [3.8, 4) is 0 Å². The van der Waals surface area contributed by atoms with Gasteiger partial charge in [-0.3, -0.25) is 0 Å². The first-order valence-electron chi connectivity index (χ1n) is 4.59. The second-order valence-electron chi connectivity index (χ2n) is 3.37. The molecule has 0 spiro atoms. The van der Waals surface area contributed by atoms with Crippen LogP contribution >= 0.6 is 23.1 Å². The summed E-state index contributed by atoms with van der Waals surface area (Å²) in [7, 11) is 0. The van der Waals surface area contributed by atoms with E-state index >= 15 is 0 Å². The van der Waals surface area contributed by atoms with Crippen LogP contribution in [0.5, 0.6) is 0 Å². The maximum Gasteiger partial charge on any atom is 0.129 e. The van der Waals surface area contributed by atoms with E-state index in [-0.39, 0.29) is 0 Å². The number of aryl methyl sites for hydroxylation is 1. The fourth-order valence-corrected chi connectivity index (χ4v) is 2.24. The van der Waals surface area contributed by atoms with Crippen molar-refractivity contribution in [2.45, 2.75) is 13.0 Å². The molecule has 2 N–H and O–H groups in total. The lowest BCUT2D eigenvalue weighted by molar-refractivity contribution is 0.600. The van der Waals surface area contributed by atoms with Gasteiger partial charge in [0.05, 0.1) is 16.6 Å². The Kier molecular flexibility index (Phi) is 3.18. The molecule has 0 amide bonds. The molecule has 2 aromatic rings. The molecule has 1 atom stereocenters. The van der Waals surface area contributed by atoms with Crippen molar-refractivity contribution in [1.82, 2.24) is 9.59 Å². The second kappa shape index (κ2) is 4.45. The maximum atomic E-state index is 13.6. The van der Waals surface area contributed by atoms with Gasteiger partial charge >= 0.3 is 0 Å². The molecule has 16 heavy (non-hydrogen) atoms. The molecule has 0 aliphatic heterocycles. The van der Waals surface area contributed by atoms with Crippen LogP contribution in [0.15, 0.2) is 18.2 Å². The summed E-state index contributed by atoms with van der Waals surface area (Å²) in [6.07, 6.45) is 0. The second-order valence-corrected chi connectivity index (χ2v) is 4.59. The third-order valence-corrected chi connectivity index (χ3v) is 3.41. The zero-order valence-corrected chi connectivity index (χ0v) is 10.0. The van der Waals surface area contributed by atoms with Gasteiger partial charge in [-0.25, -0.2) is 4.39 Å². The monoisotopic (exact) mass is 257 g/mol. The highest BCUT2D eigenvalue weighted by molar-refractivity contribution is 7.05. The lowest BCUT2D eigenvalue weighted by Crippen LogP contribution is -2.13. The molecule has 0 saturated carbocycles. The predicted octanol–water partition coefficient (Wildman–Crippen LogP) is 2.69. The van der Waals surface area contributed by atoms with Crippen LogP contribution in [0.3, 0.4) is 0 Å². The van der Waals surface area contributed by atoms with E-state index in [1.165, 1.54) is 17.6 Å². The van der Waals surface area contributed by atoms with Crippen LogP contribution in [0.4, 0.5) is 4.39 Å². The number of hydrogen-bond acceptors (Lipinski definition) is 4. The largest absolute Gasteiger partial charge is 0.319 e. The van der Waals surface area contributed by atoms with Gasteiger partial charge in [0.15, 0.2) is 0 Å². The Morgan fingerprint density at radius 1 is 1.50 bits per heavy atom. The summed E-state index contributed by atoms with van der Waals surface area (Å²) in [5.41, 5.74) is 7.09. The van der Waals surface area contributed by atoms with Gasteiger partial charge in [-0.05, 0) is 30.6 Å². The minimum Gasteiger partial charge on any atom is -0.319 e. The van der Waals surface area contributed by atoms with Crippen LogP contribution < -0.4 is 5.73 Å². The fourth-order valence-electron chi connectivity index (χ4n) is 1.42. The Morgan fingerprint density at radius 2 is 2.25 bits per heavy atom. The third kappa shape index (κ3) is 2.07. The van der Waals surface area contributed by atoms with Crippen molar-refractivity contribution in [3.63, 3.8) is 0 Å². The van der Waals surface area contributed by atoms with Gasteiger partial charge < -0.3 is 5.73 Å². The molecule has 0 aliphatic carbocycles. The molecule has 2 rings (SSSR count). The summed E-state index contributed by atoms with van der Waals surface area (Å²) < 4.78 is 17.4. The summed E-state index contributed by atoms with van der Waals surface area (Å²) in [6, 6.07) is 3.91. The number of rotatable bonds is 2. The first-order valence-corrected chi connectivity index (χ1v) is 5.74. The SMILES string of the molecule is Cc1nnsc1C(N)c1ccc(Cl)cc1F. The van der Waals surface area contributed by atoms with Gasteiger partial charge in [-0.15, -0.1) is 5.10 Å². The highest BCUT2D eigenvalue weighted by Gasteiger charge is 2.18.